The average Bonchev–Trinajstić information content (AvgIpc) is 2.79. The molecule has 1 heterocycles. The fraction of sp³-hybridized carbons (Fsp3) is 0.500. The molecule has 7 nitrogen and oxygen atoms in total. The highest BCUT2D eigenvalue weighted by atomic mass is 19.4. The van der Waals surface area contributed by atoms with Gasteiger partial charge in [-0.15, -0.1) is 0 Å². The summed E-state index contributed by atoms with van der Waals surface area (Å²) >= 11 is 0. The van der Waals surface area contributed by atoms with Crippen LogP contribution in [-0.2, 0) is 6.18 Å². The van der Waals surface area contributed by atoms with Gasteiger partial charge in [0.1, 0.15) is 0 Å². The second-order valence-electron chi connectivity index (χ2n) is 9.29. The largest absolute Gasteiger partial charge is 0.416 e. The van der Waals surface area contributed by atoms with Crippen LogP contribution >= 0.6 is 0 Å². The zero-order valence-corrected chi connectivity index (χ0v) is 19.0. The molecule has 0 radical (unpaired) electrons. The number of amides is 1. The van der Waals surface area contributed by atoms with Crippen LogP contribution in [-0.4, -0.2) is 39.5 Å². The van der Waals surface area contributed by atoms with Crippen LogP contribution in [0.5, 0.6) is 0 Å². The third-order valence-electron chi connectivity index (χ3n) is 6.52. The standard InChI is InChI=1S/C24H29F3N6O/c1-23(12-2-13-23)33-22(32-20(34)16-4-6-17(7-5-16)24(25,26)27)31-19-10-8-18(9-11-19)30-21-28-14-3-15-29-21/h3-7,14-15,18-19H,2,8-13H2,1H3,(H,28,29,30)(H2,31,32,33,34)/t18-,19-. The van der Waals surface area contributed by atoms with Crippen LogP contribution < -0.4 is 16.0 Å². The first-order valence-corrected chi connectivity index (χ1v) is 11.6. The number of rotatable bonds is 5. The molecule has 1 aromatic carbocycles. The Bertz CT molecular complexity index is 998. The molecule has 0 unspecified atom stereocenters. The molecule has 0 bridgehead atoms. The normalized spacial score (nSPS) is 22.4. The molecule has 1 amide bonds. The first-order valence-electron chi connectivity index (χ1n) is 11.6. The van der Waals surface area contributed by atoms with Gasteiger partial charge in [0.25, 0.3) is 5.91 Å². The van der Waals surface area contributed by atoms with E-state index in [1.807, 2.05) is 0 Å². The Kier molecular flexibility index (Phi) is 7.04. The summed E-state index contributed by atoms with van der Waals surface area (Å²) < 4.78 is 38.5. The number of nitrogens with zero attached hydrogens (tertiary/aromatic N) is 3. The van der Waals surface area contributed by atoms with E-state index in [9.17, 15) is 18.0 Å². The van der Waals surface area contributed by atoms with Gasteiger partial charge < -0.3 is 16.0 Å². The molecular formula is C24H29F3N6O. The SMILES string of the molecule is CC1(N/C(=N/C(=O)c2ccc(C(F)(F)F)cc2)N[C@H]2CC[C@H](Nc3ncccn3)CC2)CCC1. The van der Waals surface area contributed by atoms with Crippen LogP contribution in [0.4, 0.5) is 19.1 Å². The molecule has 2 aliphatic rings. The maximum atomic E-state index is 12.8. The Morgan fingerprint density at radius 3 is 2.21 bits per heavy atom. The predicted molar refractivity (Wildman–Crippen MR) is 123 cm³/mol. The summed E-state index contributed by atoms with van der Waals surface area (Å²) in [4.78, 5) is 25.4. The number of halogens is 3. The molecule has 2 fully saturated rings. The van der Waals surface area contributed by atoms with Crippen LogP contribution in [0.25, 0.3) is 0 Å². The van der Waals surface area contributed by atoms with Crippen LogP contribution in [0, 0.1) is 0 Å². The Morgan fingerprint density at radius 1 is 1.03 bits per heavy atom. The van der Waals surface area contributed by atoms with E-state index in [0.717, 1.165) is 57.1 Å². The van der Waals surface area contributed by atoms with Gasteiger partial charge in [0.2, 0.25) is 5.95 Å². The number of carbonyl (C=O) groups excluding carboxylic acids is 1. The topological polar surface area (TPSA) is 91.3 Å². The van der Waals surface area contributed by atoms with E-state index in [4.69, 9.17) is 0 Å². The molecule has 1 aromatic heterocycles. The van der Waals surface area contributed by atoms with Crippen molar-refractivity contribution in [2.45, 2.75) is 75.7 Å². The second-order valence-corrected chi connectivity index (χ2v) is 9.29. The maximum Gasteiger partial charge on any atom is 0.416 e. The molecule has 3 N–H and O–H groups in total. The van der Waals surface area contributed by atoms with Crippen LogP contribution in [0.2, 0.25) is 0 Å². The summed E-state index contributed by atoms with van der Waals surface area (Å²) in [6.07, 6.45) is 5.55. The van der Waals surface area contributed by atoms with Crippen molar-refractivity contribution >= 4 is 17.8 Å². The molecule has 2 aliphatic carbocycles. The molecule has 10 heteroatoms. The van der Waals surface area contributed by atoms with E-state index in [2.05, 4.69) is 37.8 Å². The number of aliphatic imine (C=N–C) groups is 1. The van der Waals surface area contributed by atoms with Gasteiger partial charge in [0, 0.05) is 35.6 Å². The van der Waals surface area contributed by atoms with Crippen molar-refractivity contribution in [2.75, 3.05) is 5.32 Å². The quantitative estimate of drug-likeness (QED) is 0.436. The Hall–Kier alpha value is -3.17. The lowest BCUT2D eigenvalue weighted by atomic mass is 9.79. The van der Waals surface area contributed by atoms with E-state index in [0.29, 0.717) is 11.9 Å². The zero-order chi connectivity index (χ0) is 24.2. The molecule has 2 saturated carbocycles. The van der Waals surface area contributed by atoms with E-state index >= 15 is 0 Å². The molecule has 0 saturated heterocycles. The van der Waals surface area contributed by atoms with E-state index in [1.165, 1.54) is 12.1 Å². The molecular weight excluding hydrogens is 445 g/mol. The monoisotopic (exact) mass is 474 g/mol. The summed E-state index contributed by atoms with van der Waals surface area (Å²) in [6.45, 7) is 2.08. The first-order chi connectivity index (χ1) is 16.2. The number of alkyl halides is 3. The smallest absolute Gasteiger partial charge is 0.353 e. The molecule has 0 spiro atoms. The number of benzene rings is 1. The number of carbonyl (C=O) groups is 1. The Labute approximate surface area is 196 Å². The van der Waals surface area contributed by atoms with Gasteiger partial charge in [-0.2, -0.15) is 18.2 Å². The van der Waals surface area contributed by atoms with Gasteiger partial charge in [-0.25, -0.2) is 9.97 Å². The van der Waals surface area contributed by atoms with Gasteiger partial charge in [-0.3, -0.25) is 4.79 Å². The van der Waals surface area contributed by atoms with Crippen molar-refractivity contribution in [3.05, 3.63) is 53.9 Å². The first kappa shape index (κ1) is 24.0. The zero-order valence-electron chi connectivity index (χ0n) is 19.0. The van der Waals surface area contributed by atoms with Crippen molar-refractivity contribution in [3.63, 3.8) is 0 Å². The Morgan fingerprint density at radius 2 is 1.65 bits per heavy atom. The second kappa shape index (κ2) is 9.99. The highest BCUT2D eigenvalue weighted by molar-refractivity contribution is 6.02. The summed E-state index contributed by atoms with van der Waals surface area (Å²) in [6, 6.07) is 6.31. The minimum absolute atomic E-state index is 0.114. The molecule has 0 atom stereocenters. The Balaban J connectivity index is 1.40. The van der Waals surface area contributed by atoms with Crippen LogP contribution in [0.3, 0.4) is 0 Å². The number of hydrogen-bond acceptors (Lipinski definition) is 4. The summed E-state index contributed by atoms with van der Waals surface area (Å²) in [7, 11) is 0. The molecule has 4 rings (SSSR count). The van der Waals surface area contributed by atoms with Gasteiger partial charge >= 0.3 is 6.18 Å². The maximum absolute atomic E-state index is 12.8. The van der Waals surface area contributed by atoms with E-state index in [1.54, 1.807) is 18.5 Å². The number of hydrogen-bond donors (Lipinski definition) is 3. The van der Waals surface area contributed by atoms with Gasteiger partial charge in [0.15, 0.2) is 5.96 Å². The lowest BCUT2D eigenvalue weighted by molar-refractivity contribution is -0.137. The van der Waals surface area contributed by atoms with Crippen LogP contribution in [0.15, 0.2) is 47.7 Å². The fourth-order valence-electron chi connectivity index (χ4n) is 4.31. The van der Waals surface area contributed by atoms with Gasteiger partial charge in [-0.1, -0.05) is 0 Å². The van der Waals surface area contributed by atoms with Crippen LogP contribution in [0.1, 0.15) is 67.8 Å². The minimum Gasteiger partial charge on any atom is -0.353 e. The summed E-state index contributed by atoms with van der Waals surface area (Å²) in [5, 5.41) is 10.1. The highest BCUT2D eigenvalue weighted by Crippen LogP contribution is 2.31. The van der Waals surface area contributed by atoms with Crippen molar-refractivity contribution in [1.29, 1.82) is 0 Å². The third-order valence-corrected chi connectivity index (χ3v) is 6.52. The van der Waals surface area contributed by atoms with E-state index in [-0.39, 0.29) is 23.2 Å². The molecule has 2 aromatic rings. The number of aromatic nitrogens is 2. The average molecular weight is 475 g/mol. The highest BCUT2D eigenvalue weighted by Gasteiger charge is 2.34. The molecule has 0 aliphatic heterocycles. The van der Waals surface area contributed by atoms with Crippen molar-refractivity contribution < 1.29 is 18.0 Å². The number of guanidine groups is 1. The molecule has 182 valence electrons. The molecule has 34 heavy (non-hydrogen) atoms. The lowest BCUT2D eigenvalue weighted by Crippen LogP contribution is -2.57. The predicted octanol–water partition coefficient (Wildman–Crippen LogP) is 4.54. The third kappa shape index (κ3) is 6.24. The fourth-order valence-corrected chi connectivity index (χ4v) is 4.31. The van der Waals surface area contributed by atoms with Crippen molar-refractivity contribution in [2.24, 2.45) is 4.99 Å². The number of anilines is 1. The van der Waals surface area contributed by atoms with Crippen molar-refractivity contribution in [3.8, 4) is 0 Å². The van der Waals surface area contributed by atoms with Crippen molar-refractivity contribution in [1.82, 2.24) is 20.6 Å². The number of nitrogens with one attached hydrogen (secondary N) is 3. The minimum atomic E-state index is -4.45. The van der Waals surface area contributed by atoms with Gasteiger partial charge in [0.05, 0.1) is 5.56 Å². The van der Waals surface area contributed by atoms with E-state index < -0.39 is 17.6 Å². The van der Waals surface area contributed by atoms with Gasteiger partial charge in [-0.05, 0) is 82.2 Å². The summed E-state index contributed by atoms with van der Waals surface area (Å²) in [5.41, 5.74) is -0.822. The lowest BCUT2D eigenvalue weighted by Gasteiger charge is -2.41. The summed E-state index contributed by atoms with van der Waals surface area (Å²) in [5.74, 6) is 0.418.